The molecule has 2 aromatic heterocycles. The molecule has 1 atom stereocenters. The van der Waals surface area contributed by atoms with Crippen LogP contribution in [-0.2, 0) is 4.57 Å². The molecular formula is C28H34N7O2P. The number of nitrogens with zero attached hydrogens (tertiary/aromatic N) is 4. The monoisotopic (exact) mass is 531 g/mol. The van der Waals surface area contributed by atoms with Crippen molar-refractivity contribution in [2.24, 2.45) is 0 Å². The molecule has 2 aliphatic heterocycles. The van der Waals surface area contributed by atoms with E-state index >= 15 is 0 Å². The number of hydrogen-bond donors (Lipinski definition) is 3. The van der Waals surface area contributed by atoms with Crippen molar-refractivity contribution in [2.75, 3.05) is 55.1 Å². The largest absolute Gasteiger partial charge is 0.489 e. The van der Waals surface area contributed by atoms with Gasteiger partial charge in [0.05, 0.1) is 22.8 Å². The van der Waals surface area contributed by atoms with Gasteiger partial charge in [-0.05, 0) is 57.5 Å². The van der Waals surface area contributed by atoms with E-state index in [-0.39, 0.29) is 0 Å². The van der Waals surface area contributed by atoms with Gasteiger partial charge in [-0.25, -0.2) is 0 Å². The molecule has 10 heteroatoms. The average Bonchev–Trinajstić information content (AvgIpc) is 3.37. The molecule has 198 valence electrons. The summed E-state index contributed by atoms with van der Waals surface area (Å²) in [4.78, 5) is 17.6. The van der Waals surface area contributed by atoms with Crippen LogP contribution in [-0.4, -0.2) is 71.5 Å². The van der Waals surface area contributed by atoms with Gasteiger partial charge in [-0.2, -0.15) is 9.97 Å². The van der Waals surface area contributed by atoms with Crippen molar-refractivity contribution >= 4 is 52.3 Å². The fraction of sp³-hybridized carbons (Fsp3) is 0.357. The van der Waals surface area contributed by atoms with E-state index in [0.29, 0.717) is 36.1 Å². The maximum absolute atomic E-state index is 12.9. The van der Waals surface area contributed by atoms with Crippen molar-refractivity contribution in [3.05, 3.63) is 54.7 Å². The average molecular weight is 532 g/mol. The first-order valence-electron chi connectivity index (χ1n) is 13.1. The van der Waals surface area contributed by atoms with Crippen LogP contribution in [0.5, 0.6) is 5.75 Å². The third-order valence-corrected chi connectivity index (χ3v) is 8.90. The van der Waals surface area contributed by atoms with E-state index in [2.05, 4.69) is 56.4 Å². The van der Waals surface area contributed by atoms with Gasteiger partial charge in [0, 0.05) is 48.9 Å². The topological polar surface area (TPSA) is 98.4 Å². The molecule has 1 fully saturated rings. The van der Waals surface area contributed by atoms with E-state index < -0.39 is 7.14 Å². The number of fused-ring (bicyclic) bond motifs is 4. The quantitative estimate of drug-likeness (QED) is 0.300. The summed E-state index contributed by atoms with van der Waals surface area (Å²) >= 11 is 0. The summed E-state index contributed by atoms with van der Waals surface area (Å²) in [6, 6.07) is 16.7. The number of hydrogen-bond acceptors (Lipinski definition) is 8. The first kappa shape index (κ1) is 24.8. The van der Waals surface area contributed by atoms with Crippen LogP contribution in [0.15, 0.2) is 54.7 Å². The second-order valence-corrected chi connectivity index (χ2v) is 13.9. The molecule has 0 amide bonds. The van der Waals surface area contributed by atoms with Crippen molar-refractivity contribution in [1.29, 1.82) is 0 Å². The zero-order chi connectivity index (χ0) is 26.4. The first-order chi connectivity index (χ1) is 18.3. The number of ether oxygens (including phenoxy) is 1. The van der Waals surface area contributed by atoms with E-state index in [1.165, 1.54) is 0 Å². The van der Waals surface area contributed by atoms with Crippen LogP contribution < -0.4 is 25.6 Å². The maximum atomic E-state index is 12.9. The molecule has 0 saturated carbocycles. The Morgan fingerprint density at radius 3 is 2.74 bits per heavy atom. The molecule has 6 rings (SSSR count). The van der Waals surface area contributed by atoms with Crippen LogP contribution in [0, 0.1) is 0 Å². The number of aromatic nitrogens is 3. The summed E-state index contributed by atoms with van der Waals surface area (Å²) in [5.41, 5.74) is 3.48. The molecule has 4 heterocycles. The van der Waals surface area contributed by atoms with Gasteiger partial charge in [0.15, 0.2) is 0 Å². The zero-order valence-electron chi connectivity index (χ0n) is 22.2. The summed E-state index contributed by atoms with van der Waals surface area (Å²) in [7, 11) is -2.49. The number of piperazine rings is 1. The number of para-hydroxylation sites is 1. The first-order valence-corrected chi connectivity index (χ1v) is 15.7. The lowest BCUT2D eigenvalue weighted by molar-refractivity contribution is 0.142. The van der Waals surface area contributed by atoms with Gasteiger partial charge in [0.1, 0.15) is 31.0 Å². The number of rotatable bonds is 6. The summed E-state index contributed by atoms with van der Waals surface area (Å²) in [6.07, 6.45) is 1.84. The van der Waals surface area contributed by atoms with Gasteiger partial charge >= 0.3 is 0 Å². The number of aromatic amines is 1. The summed E-state index contributed by atoms with van der Waals surface area (Å²) in [5, 5.41) is 8.41. The van der Waals surface area contributed by atoms with Crippen LogP contribution in [0.1, 0.15) is 13.8 Å². The van der Waals surface area contributed by atoms with Crippen molar-refractivity contribution in [2.45, 2.75) is 25.9 Å². The molecular weight excluding hydrogens is 497 g/mol. The molecule has 0 radical (unpaired) electrons. The predicted octanol–water partition coefficient (Wildman–Crippen LogP) is 4.98. The second-order valence-electron chi connectivity index (χ2n) is 10.7. The molecule has 4 aromatic rings. The standard InChI is InChI=1S/C28H34N7O2P/c1-18(2)34-13-14-35-20(16-34)17-37-24-15-19(9-10-23(24)35)30-28-32-26-21(11-12-29-26)27(33-28)31-22-7-5-6-8-25(22)38(3,4)36/h5-12,15,18,20H,13-14,16-17H2,1-4H3,(H3,29,30,31,32,33)/t20-/m1/s1. The summed E-state index contributed by atoms with van der Waals surface area (Å²) < 4.78 is 19.1. The third kappa shape index (κ3) is 4.72. The van der Waals surface area contributed by atoms with Crippen LogP contribution in [0.2, 0.25) is 0 Å². The molecule has 0 aliphatic carbocycles. The van der Waals surface area contributed by atoms with E-state index in [9.17, 15) is 4.57 Å². The maximum Gasteiger partial charge on any atom is 0.231 e. The highest BCUT2D eigenvalue weighted by Gasteiger charge is 2.33. The fourth-order valence-electron chi connectivity index (χ4n) is 5.34. The lowest BCUT2D eigenvalue weighted by Crippen LogP contribution is -2.58. The molecule has 2 aromatic carbocycles. The highest BCUT2D eigenvalue weighted by Crippen LogP contribution is 2.40. The molecule has 0 bridgehead atoms. The van der Waals surface area contributed by atoms with E-state index in [4.69, 9.17) is 9.72 Å². The van der Waals surface area contributed by atoms with Crippen molar-refractivity contribution in [1.82, 2.24) is 19.9 Å². The van der Waals surface area contributed by atoms with Gasteiger partial charge in [0.25, 0.3) is 0 Å². The van der Waals surface area contributed by atoms with Crippen LogP contribution >= 0.6 is 7.14 Å². The Morgan fingerprint density at radius 1 is 1.08 bits per heavy atom. The highest BCUT2D eigenvalue weighted by atomic mass is 31.2. The normalized spacial score (nSPS) is 17.7. The van der Waals surface area contributed by atoms with Crippen LogP contribution in [0.25, 0.3) is 11.0 Å². The van der Waals surface area contributed by atoms with Crippen molar-refractivity contribution < 1.29 is 9.30 Å². The van der Waals surface area contributed by atoms with Crippen molar-refractivity contribution in [3.63, 3.8) is 0 Å². The molecule has 2 aliphatic rings. The van der Waals surface area contributed by atoms with Gasteiger partial charge in [-0.1, -0.05) is 12.1 Å². The number of nitrogens with one attached hydrogen (secondary N) is 3. The molecule has 1 saturated heterocycles. The Kier molecular flexibility index (Phi) is 6.28. The smallest absolute Gasteiger partial charge is 0.231 e. The number of H-pyrrole nitrogens is 1. The zero-order valence-corrected chi connectivity index (χ0v) is 23.1. The van der Waals surface area contributed by atoms with Crippen molar-refractivity contribution in [3.8, 4) is 5.75 Å². The fourth-order valence-corrected chi connectivity index (χ4v) is 6.49. The lowest BCUT2D eigenvalue weighted by atomic mass is 10.1. The Bertz CT molecular complexity index is 1530. The van der Waals surface area contributed by atoms with Gasteiger partial charge in [-0.3, -0.25) is 4.90 Å². The van der Waals surface area contributed by atoms with E-state index in [1.807, 2.05) is 42.6 Å². The summed E-state index contributed by atoms with van der Waals surface area (Å²) in [5.74, 6) is 1.97. The molecule has 3 N–H and O–H groups in total. The van der Waals surface area contributed by atoms with Crippen LogP contribution in [0.4, 0.5) is 28.8 Å². The number of benzene rings is 2. The van der Waals surface area contributed by atoms with Gasteiger partial charge in [0.2, 0.25) is 5.95 Å². The minimum absolute atomic E-state index is 0.370. The Balaban J connectivity index is 1.27. The minimum Gasteiger partial charge on any atom is -0.489 e. The molecule has 0 unspecified atom stereocenters. The Morgan fingerprint density at radius 2 is 1.92 bits per heavy atom. The van der Waals surface area contributed by atoms with Gasteiger partial charge in [-0.15, -0.1) is 0 Å². The van der Waals surface area contributed by atoms with E-state index in [0.717, 1.165) is 53.1 Å². The lowest BCUT2D eigenvalue weighted by Gasteiger charge is -2.46. The molecule has 9 nitrogen and oxygen atoms in total. The van der Waals surface area contributed by atoms with Crippen LogP contribution in [0.3, 0.4) is 0 Å². The SMILES string of the molecule is CC(C)N1CCN2c3ccc(Nc4nc(Nc5ccccc5P(C)(C)=O)c5cc[nH]c5n4)cc3OC[C@H]2C1. The highest BCUT2D eigenvalue weighted by molar-refractivity contribution is 7.70. The Labute approximate surface area is 223 Å². The molecule has 0 spiro atoms. The number of anilines is 5. The summed E-state index contributed by atoms with van der Waals surface area (Å²) in [6.45, 7) is 11.8. The van der Waals surface area contributed by atoms with Gasteiger partial charge < -0.3 is 29.8 Å². The molecule has 38 heavy (non-hydrogen) atoms. The minimum atomic E-state index is -2.49. The predicted molar refractivity (Wildman–Crippen MR) is 156 cm³/mol. The Hall–Kier alpha value is -3.55. The second kappa shape index (κ2) is 9.64. The van der Waals surface area contributed by atoms with E-state index in [1.54, 1.807) is 13.3 Å². The third-order valence-electron chi connectivity index (χ3n) is 7.35.